The zero-order valence-electron chi connectivity index (χ0n) is 11.6. The van der Waals surface area contributed by atoms with Gasteiger partial charge in [-0.15, -0.1) is 0 Å². The van der Waals surface area contributed by atoms with Crippen molar-refractivity contribution >= 4 is 23.2 Å². The van der Waals surface area contributed by atoms with Crippen molar-refractivity contribution in [2.24, 2.45) is 5.73 Å². The van der Waals surface area contributed by atoms with Crippen molar-refractivity contribution < 1.29 is 9.53 Å². The highest BCUT2D eigenvalue weighted by atomic mass is 35.5. The number of methoxy groups -OCH3 is 1. The third kappa shape index (κ3) is 3.55. The second kappa shape index (κ2) is 6.81. The van der Waals surface area contributed by atoms with E-state index >= 15 is 0 Å². The maximum absolute atomic E-state index is 11.6. The number of nitrogens with two attached hydrogens (primary N) is 1. The van der Waals surface area contributed by atoms with Crippen molar-refractivity contribution in [3.63, 3.8) is 0 Å². The van der Waals surface area contributed by atoms with Crippen molar-refractivity contribution in [3.05, 3.63) is 23.2 Å². The predicted molar refractivity (Wildman–Crippen MR) is 80.4 cm³/mol. The first-order chi connectivity index (χ1) is 9.63. The number of amides is 1. The van der Waals surface area contributed by atoms with E-state index in [9.17, 15) is 4.79 Å². The molecule has 1 aliphatic rings. The number of halogens is 1. The van der Waals surface area contributed by atoms with Crippen molar-refractivity contribution in [3.8, 4) is 5.75 Å². The molecule has 1 saturated heterocycles. The molecule has 1 amide bonds. The number of rotatable bonds is 5. The molecule has 0 bridgehead atoms. The molecule has 0 radical (unpaired) electrons. The van der Waals surface area contributed by atoms with E-state index in [1.54, 1.807) is 13.2 Å². The highest BCUT2D eigenvalue weighted by molar-refractivity contribution is 6.30. The molecule has 0 aliphatic carbocycles. The molecule has 20 heavy (non-hydrogen) atoms. The monoisotopic (exact) mass is 297 g/mol. The van der Waals surface area contributed by atoms with Crippen LogP contribution in [0.3, 0.4) is 0 Å². The highest BCUT2D eigenvalue weighted by Gasteiger charge is 2.25. The fourth-order valence-electron chi connectivity index (χ4n) is 2.44. The normalized spacial score (nSPS) is 18.1. The van der Waals surface area contributed by atoms with Gasteiger partial charge in [-0.05, 0) is 24.6 Å². The first kappa shape index (κ1) is 14.9. The van der Waals surface area contributed by atoms with Crippen LogP contribution in [0.4, 0.5) is 5.69 Å². The Balaban J connectivity index is 2.02. The van der Waals surface area contributed by atoms with Crippen LogP contribution in [-0.2, 0) is 4.79 Å². The summed E-state index contributed by atoms with van der Waals surface area (Å²) in [5.41, 5.74) is 6.34. The Hall–Kier alpha value is -1.46. The Labute approximate surface area is 124 Å². The summed E-state index contributed by atoms with van der Waals surface area (Å²) in [6, 6.07) is 5.71. The average Bonchev–Trinajstić information content (AvgIpc) is 2.87. The minimum Gasteiger partial charge on any atom is -0.495 e. The van der Waals surface area contributed by atoms with Crippen molar-refractivity contribution in [2.45, 2.75) is 18.9 Å². The molecule has 1 aromatic carbocycles. The molecule has 2 rings (SSSR count). The summed E-state index contributed by atoms with van der Waals surface area (Å²) in [6.07, 6.45) is 1.28. The Morgan fingerprint density at radius 1 is 1.60 bits per heavy atom. The summed E-state index contributed by atoms with van der Waals surface area (Å²) in [4.78, 5) is 13.7. The number of ether oxygens (including phenoxy) is 1. The van der Waals surface area contributed by atoms with Crippen molar-refractivity contribution in [1.29, 1.82) is 0 Å². The molecule has 3 N–H and O–H groups in total. The fraction of sp³-hybridized carbons (Fsp3) is 0.500. The smallest absolute Gasteiger partial charge is 0.221 e. The summed E-state index contributed by atoms with van der Waals surface area (Å²) in [6.45, 7) is 2.00. The summed E-state index contributed by atoms with van der Waals surface area (Å²) in [7, 11) is 1.64. The maximum Gasteiger partial charge on any atom is 0.221 e. The van der Waals surface area contributed by atoms with Crippen molar-refractivity contribution in [2.75, 3.05) is 31.6 Å². The predicted octanol–water partition coefficient (Wildman–Crippen LogP) is 1.39. The third-order valence-corrected chi connectivity index (χ3v) is 3.64. The summed E-state index contributed by atoms with van der Waals surface area (Å²) in [5.74, 6) is 0.806. The summed E-state index contributed by atoms with van der Waals surface area (Å²) >= 11 is 6.05. The Kier molecular flexibility index (Phi) is 5.09. The molecule has 1 aromatic rings. The van der Waals surface area contributed by atoms with E-state index in [0.717, 1.165) is 30.9 Å². The maximum atomic E-state index is 11.6. The second-order valence-electron chi connectivity index (χ2n) is 4.85. The number of hydrogen-bond donors (Lipinski definition) is 2. The summed E-state index contributed by atoms with van der Waals surface area (Å²) in [5, 5.41) is 3.67. The fourth-order valence-corrected chi connectivity index (χ4v) is 2.60. The first-order valence-electron chi connectivity index (χ1n) is 6.72. The van der Waals surface area contributed by atoms with Gasteiger partial charge in [-0.25, -0.2) is 0 Å². The van der Waals surface area contributed by atoms with Gasteiger partial charge in [0.05, 0.1) is 12.8 Å². The molecule has 0 aromatic heterocycles. The Morgan fingerprint density at radius 2 is 2.40 bits per heavy atom. The number of hydrogen-bond acceptors (Lipinski definition) is 4. The van der Waals surface area contributed by atoms with Gasteiger partial charge < -0.3 is 20.7 Å². The van der Waals surface area contributed by atoms with Gasteiger partial charge in [-0.2, -0.15) is 0 Å². The van der Waals surface area contributed by atoms with Crippen LogP contribution in [0.1, 0.15) is 12.8 Å². The Morgan fingerprint density at radius 3 is 3.10 bits per heavy atom. The lowest BCUT2D eigenvalue weighted by molar-refractivity contribution is -0.121. The lowest BCUT2D eigenvalue weighted by Crippen LogP contribution is -2.37. The molecule has 1 heterocycles. The number of nitrogens with zero attached hydrogens (tertiary/aromatic N) is 1. The summed E-state index contributed by atoms with van der Waals surface area (Å²) < 4.78 is 5.36. The highest BCUT2D eigenvalue weighted by Crippen LogP contribution is 2.33. The Bertz CT molecular complexity index is 481. The topological polar surface area (TPSA) is 67.6 Å². The SMILES string of the molecule is COc1ccc(Cl)cc1N1CCC(NC(=O)CCN)C1. The van der Waals surface area contributed by atoms with Crippen LogP contribution in [0.2, 0.25) is 5.02 Å². The van der Waals surface area contributed by atoms with E-state index in [1.807, 2.05) is 12.1 Å². The van der Waals surface area contributed by atoms with Gasteiger partial charge in [0, 0.05) is 37.1 Å². The largest absolute Gasteiger partial charge is 0.495 e. The molecule has 110 valence electrons. The molecule has 0 spiro atoms. The van der Waals surface area contributed by atoms with Gasteiger partial charge in [0.2, 0.25) is 5.91 Å². The van der Waals surface area contributed by atoms with E-state index < -0.39 is 0 Å². The standard InChI is InChI=1S/C14H20ClN3O2/c1-20-13-3-2-10(15)8-12(13)18-7-5-11(9-18)17-14(19)4-6-16/h2-3,8,11H,4-7,9,16H2,1H3,(H,17,19). The first-order valence-corrected chi connectivity index (χ1v) is 7.09. The van der Waals surface area contributed by atoms with Crippen LogP contribution in [0, 0.1) is 0 Å². The van der Waals surface area contributed by atoms with Gasteiger partial charge in [-0.3, -0.25) is 4.79 Å². The van der Waals surface area contributed by atoms with Gasteiger partial charge >= 0.3 is 0 Å². The van der Waals surface area contributed by atoms with Gasteiger partial charge in [0.25, 0.3) is 0 Å². The van der Waals surface area contributed by atoms with E-state index in [0.29, 0.717) is 18.0 Å². The average molecular weight is 298 g/mol. The number of benzene rings is 1. The molecule has 0 saturated carbocycles. The van der Waals surface area contributed by atoms with Gasteiger partial charge in [0.1, 0.15) is 5.75 Å². The number of anilines is 1. The second-order valence-corrected chi connectivity index (χ2v) is 5.29. The van der Waals surface area contributed by atoms with Crippen LogP contribution in [-0.4, -0.2) is 38.7 Å². The molecule has 1 atom stereocenters. The lowest BCUT2D eigenvalue weighted by Gasteiger charge is -2.21. The van der Waals surface area contributed by atoms with Crippen LogP contribution in [0.15, 0.2) is 18.2 Å². The number of carbonyl (C=O) groups excluding carboxylic acids is 1. The minimum atomic E-state index is 0.0115. The van der Waals surface area contributed by atoms with Crippen molar-refractivity contribution in [1.82, 2.24) is 5.32 Å². The van der Waals surface area contributed by atoms with Crippen LogP contribution in [0.25, 0.3) is 0 Å². The van der Waals surface area contributed by atoms with E-state index in [2.05, 4.69) is 10.2 Å². The number of nitrogens with one attached hydrogen (secondary N) is 1. The van der Waals surface area contributed by atoms with Crippen LogP contribution in [0.5, 0.6) is 5.75 Å². The molecule has 1 aliphatic heterocycles. The lowest BCUT2D eigenvalue weighted by atomic mass is 10.2. The van der Waals surface area contributed by atoms with Gasteiger partial charge in [0.15, 0.2) is 0 Å². The third-order valence-electron chi connectivity index (χ3n) is 3.41. The van der Waals surface area contributed by atoms with Crippen LogP contribution < -0.4 is 20.7 Å². The van der Waals surface area contributed by atoms with E-state index in [4.69, 9.17) is 22.1 Å². The zero-order valence-corrected chi connectivity index (χ0v) is 12.3. The quantitative estimate of drug-likeness (QED) is 0.862. The van der Waals surface area contributed by atoms with E-state index in [1.165, 1.54) is 0 Å². The molecule has 6 heteroatoms. The molecule has 1 unspecified atom stereocenters. The molecular formula is C14H20ClN3O2. The van der Waals surface area contributed by atoms with Crippen LogP contribution >= 0.6 is 11.6 Å². The minimum absolute atomic E-state index is 0.0115. The van der Waals surface area contributed by atoms with Gasteiger partial charge in [-0.1, -0.05) is 11.6 Å². The van der Waals surface area contributed by atoms with E-state index in [-0.39, 0.29) is 11.9 Å². The molecule has 5 nitrogen and oxygen atoms in total. The number of carbonyl (C=O) groups is 1. The molecular weight excluding hydrogens is 278 g/mol. The molecule has 1 fully saturated rings. The zero-order chi connectivity index (χ0) is 14.5.